The molecule has 2 heterocycles. The Hall–Kier alpha value is -2.68. The first-order chi connectivity index (χ1) is 13.5. The Labute approximate surface area is 164 Å². The van der Waals surface area contributed by atoms with Gasteiger partial charge in [0.25, 0.3) is 5.91 Å². The van der Waals surface area contributed by atoms with E-state index in [2.05, 4.69) is 30.8 Å². The lowest BCUT2D eigenvalue weighted by Crippen LogP contribution is -2.50. The summed E-state index contributed by atoms with van der Waals surface area (Å²) in [5, 5.41) is 12.9. The van der Waals surface area contributed by atoms with Crippen LogP contribution in [0.5, 0.6) is 0 Å². The summed E-state index contributed by atoms with van der Waals surface area (Å²) in [6.07, 6.45) is 5.91. The van der Waals surface area contributed by atoms with Gasteiger partial charge in [-0.25, -0.2) is 4.98 Å². The van der Waals surface area contributed by atoms with E-state index in [9.17, 15) is 9.59 Å². The van der Waals surface area contributed by atoms with E-state index in [-0.39, 0.29) is 29.9 Å². The molecule has 0 radical (unpaired) electrons. The Morgan fingerprint density at radius 2 is 2.14 bits per heavy atom. The van der Waals surface area contributed by atoms with E-state index in [4.69, 9.17) is 4.74 Å². The third kappa shape index (κ3) is 4.59. The summed E-state index contributed by atoms with van der Waals surface area (Å²) in [5.41, 5.74) is 2.00. The molecular weight excluding hydrogens is 360 g/mol. The minimum atomic E-state index is -0.203. The van der Waals surface area contributed by atoms with Gasteiger partial charge in [-0.15, -0.1) is 0 Å². The second-order valence-corrected chi connectivity index (χ2v) is 7.25. The van der Waals surface area contributed by atoms with Crippen LogP contribution in [0.4, 0.5) is 0 Å². The minimum Gasteiger partial charge on any atom is -0.379 e. The van der Waals surface area contributed by atoms with Crippen LogP contribution in [-0.2, 0) is 16.0 Å². The van der Waals surface area contributed by atoms with Crippen LogP contribution in [0.1, 0.15) is 46.8 Å². The molecule has 0 aliphatic heterocycles. The molecule has 0 unspecified atom stereocenters. The number of nitrogens with one attached hydrogen (secondary N) is 4. The summed E-state index contributed by atoms with van der Waals surface area (Å²) < 4.78 is 5.59. The zero-order chi connectivity index (χ0) is 20.1. The number of methoxy groups -OCH3 is 1. The van der Waals surface area contributed by atoms with Crippen molar-refractivity contribution in [3.63, 3.8) is 0 Å². The number of aromatic amines is 2. The largest absolute Gasteiger partial charge is 0.379 e. The van der Waals surface area contributed by atoms with E-state index in [1.165, 1.54) is 0 Å². The summed E-state index contributed by atoms with van der Waals surface area (Å²) in [6.45, 7) is 4.17. The molecule has 9 nitrogen and oxygen atoms in total. The predicted octanol–water partition coefficient (Wildman–Crippen LogP) is 1.02. The van der Waals surface area contributed by atoms with Crippen molar-refractivity contribution in [1.82, 2.24) is 30.8 Å². The topological polar surface area (TPSA) is 125 Å². The Balaban J connectivity index is 1.51. The Kier molecular flexibility index (Phi) is 6.45. The monoisotopic (exact) mass is 388 g/mol. The van der Waals surface area contributed by atoms with Gasteiger partial charge < -0.3 is 20.4 Å². The number of hydrogen-bond donors (Lipinski definition) is 4. The maximum Gasteiger partial charge on any atom is 0.255 e. The average molecular weight is 388 g/mol. The van der Waals surface area contributed by atoms with E-state index in [0.29, 0.717) is 43.5 Å². The van der Waals surface area contributed by atoms with Gasteiger partial charge in [0.2, 0.25) is 5.91 Å². The van der Waals surface area contributed by atoms with Gasteiger partial charge in [0.15, 0.2) is 0 Å². The molecular formula is C19H28N6O3. The van der Waals surface area contributed by atoms with Gasteiger partial charge in [0.05, 0.1) is 23.4 Å². The molecule has 2 aromatic heterocycles. The van der Waals surface area contributed by atoms with Crippen molar-refractivity contribution in [2.45, 2.75) is 51.7 Å². The average Bonchev–Trinajstić information content (AvgIpc) is 3.31. The second kappa shape index (κ2) is 9.01. The fourth-order valence-electron chi connectivity index (χ4n) is 3.80. The highest BCUT2D eigenvalue weighted by molar-refractivity contribution is 5.96. The smallest absolute Gasteiger partial charge is 0.255 e. The van der Waals surface area contributed by atoms with Crippen LogP contribution in [0.25, 0.3) is 0 Å². The van der Waals surface area contributed by atoms with Gasteiger partial charge in [-0.3, -0.25) is 14.7 Å². The molecule has 4 N–H and O–H groups in total. The molecule has 1 fully saturated rings. The highest BCUT2D eigenvalue weighted by Crippen LogP contribution is 2.27. The van der Waals surface area contributed by atoms with Gasteiger partial charge >= 0.3 is 0 Å². The molecule has 3 atom stereocenters. The first-order valence-corrected chi connectivity index (χ1v) is 9.60. The number of carbonyl (C=O) groups is 2. The van der Waals surface area contributed by atoms with Crippen LogP contribution in [0.15, 0.2) is 12.4 Å². The van der Waals surface area contributed by atoms with Gasteiger partial charge in [-0.2, -0.15) is 5.10 Å². The number of carbonyl (C=O) groups excluding carboxylic acids is 2. The van der Waals surface area contributed by atoms with Crippen LogP contribution >= 0.6 is 0 Å². The third-order valence-corrected chi connectivity index (χ3v) is 5.35. The number of rotatable bonds is 7. The first-order valence-electron chi connectivity index (χ1n) is 9.60. The fourth-order valence-corrected chi connectivity index (χ4v) is 3.80. The highest BCUT2D eigenvalue weighted by Gasteiger charge is 2.35. The molecule has 2 aromatic rings. The molecule has 0 spiro atoms. The van der Waals surface area contributed by atoms with Crippen molar-refractivity contribution in [1.29, 1.82) is 0 Å². The van der Waals surface area contributed by atoms with Gasteiger partial charge in [-0.1, -0.05) is 0 Å². The predicted molar refractivity (Wildman–Crippen MR) is 103 cm³/mol. The van der Waals surface area contributed by atoms with Gasteiger partial charge in [-0.05, 0) is 33.1 Å². The quantitative estimate of drug-likeness (QED) is 0.564. The normalized spacial score (nSPS) is 22.0. The molecule has 2 amide bonds. The van der Waals surface area contributed by atoms with Crippen molar-refractivity contribution >= 4 is 11.8 Å². The molecule has 0 bridgehead atoms. The number of aryl methyl sites for hydroxylation is 2. The zero-order valence-electron chi connectivity index (χ0n) is 16.5. The number of hydrogen-bond acceptors (Lipinski definition) is 5. The van der Waals surface area contributed by atoms with Crippen molar-refractivity contribution in [3.05, 3.63) is 35.2 Å². The lowest BCUT2D eigenvalue weighted by Gasteiger charge is -2.35. The SMILES string of the molecule is CO[C@@H]1C[C@@H](C(=O)NCCc2ncc[nH]2)CC[C@H]1NC(=O)c1c(C)n[nH]c1C. The van der Waals surface area contributed by atoms with Crippen LogP contribution in [-0.4, -0.2) is 57.8 Å². The zero-order valence-corrected chi connectivity index (χ0v) is 16.5. The van der Waals surface area contributed by atoms with E-state index in [0.717, 1.165) is 11.5 Å². The maximum atomic E-state index is 12.6. The highest BCUT2D eigenvalue weighted by atomic mass is 16.5. The van der Waals surface area contributed by atoms with E-state index in [1.54, 1.807) is 26.4 Å². The van der Waals surface area contributed by atoms with Crippen LogP contribution in [0.2, 0.25) is 0 Å². The standard InChI is InChI=1S/C19H28N6O3/c1-11-17(12(2)25-24-11)19(27)23-14-5-4-13(10-15(14)28-3)18(26)22-7-6-16-20-8-9-21-16/h8-9,13-15H,4-7,10H2,1-3H3,(H,20,21)(H,22,26)(H,23,27)(H,24,25)/t13-,14+,15+/m0/s1. The van der Waals surface area contributed by atoms with Crippen molar-refractivity contribution in [3.8, 4) is 0 Å². The lowest BCUT2D eigenvalue weighted by molar-refractivity contribution is -0.127. The Morgan fingerprint density at radius 3 is 2.79 bits per heavy atom. The van der Waals surface area contributed by atoms with E-state index < -0.39 is 0 Å². The molecule has 9 heteroatoms. The maximum absolute atomic E-state index is 12.6. The number of imidazole rings is 1. The summed E-state index contributed by atoms with van der Waals surface area (Å²) >= 11 is 0. The number of H-pyrrole nitrogens is 2. The van der Waals surface area contributed by atoms with Gasteiger partial charge in [0, 0.05) is 44.1 Å². The summed E-state index contributed by atoms with van der Waals surface area (Å²) in [4.78, 5) is 32.3. The van der Waals surface area contributed by atoms with Crippen LogP contribution in [0.3, 0.4) is 0 Å². The molecule has 1 aliphatic rings. The van der Waals surface area contributed by atoms with Gasteiger partial charge in [0.1, 0.15) is 5.82 Å². The number of aromatic nitrogens is 4. The van der Waals surface area contributed by atoms with E-state index >= 15 is 0 Å². The van der Waals surface area contributed by atoms with Crippen LogP contribution in [0, 0.1) is 19.8 Å². The van der Waals surface area contributed by atoms with E-state index in [1.807, 2.05) is 6.92 Å². The molecule has 28 heavy (non-hydrogen) atoms. The number of amides is 2. The number of nitrogens with zero attached hydrogens (tertiary/aromatic N) is 2. The lowest BCUT2D eigenvalue weighted by atomic mass is 9.83. The van der Waals surface area contributed by atoms with Crippen molar-refractivity contribution in [2.24, 2.45) is 5.92 Å². The number of ether oxygens (including phenoxy) is 1. The Morgan fingerprint density at radius 1 is 1.32 bits per heavy atom. The second-order valence-electron chi connectivity index (χ2n) is 7.25. The van der Waals surface area contributed by atoms with Crippen LogP contribution < -0.4 is 10.6 Å². The molecule has 1 aliphatic carbocycles. The molecule has 3 rings (SSSR count). The van der Waals surface area contributed by atoms with Crippen molar-refractivity contribution < 1.29 is 14.3 Å². The van der Waals surface area contributed by atoms with Crippen molar-refractivity contribution in [2.75, 3.05) is 13.7 Å². The molecule has 0 saturated heterocycles. The Bertz CT molecular complexity index is 781. The third-order valence-electron chi connectivity index (χ3n) is 5.35. The summed E-state index contributed by atoms with van der Waals surface area (Å²) in [6, 6.07) is -0.127. The first kappa shape index (κ1) is 20.1. The summed E-state index contributed by atoms with van der Waals surface area (Å²) in [5.74, 6) is 0.607. The molecule has 1 saturated carbocycles. The minimum absolute atomic E-state index is 0.0277. The fraction of sp³-hybridized carbons (Fsp3) is 0.579. The molecule has 152 valence electrons. The molecule has 0 aromatic carbocycles. The summed E-state index contributed by atoms with van der Waals surface area (Å²) in [7, 11) is 1.62.